The van der Waals surface area contributed by atoms with Crippen molar-refractivity contribution in [2.75, 3.05) is 10.5 Å². The summed E-state index contributed by atoms with van der Waals surface area (Å²) in [6.07, 6.45) is 1.09. The molecule has 1 heterocycles. The van der Waals surface area contributed by atoms with E-state index in [-0.39, 0.29) is 5.95 Å². The Bertz CT molecular complexity index is 794. The third-order valence-corrected chi connectivity index (χ3v) is 3.89. The Balaban J connectivity index is 2.50. The van der Waals surface area contributed by atoms with Crippen molar-refractivity contribution < 1.29 is 17.7 Å². The fraction of sp³-hybridized carbons (Fsp3) is 0.111. The van der Waals surface area contributed by atoms with Gasteiger partial charge in [0, 0.05) is 13.1 Å². The topological polar surface area (TPSA) is 146 Å². The van der Waals surface area contributed by atoms with Crippen LogP contribution in [-0.4, -0.2) is 28.1 Å². The van der Waals surface area contributed by atoms with Gasteiger partial charge in [-0.3, -0.25) is 10.1 Å². The molecule has 2 aromatic rings. The van der Waals surface area contributed by atoms with Gasteiger partial charge in [-0.1, -0.05) is 0 Å². The van der Waals surface area contributed by atoms with Crippen molar-refractivity contribution in [2.24, 2.45) is 7.05 Å². The smallest absolute Gasteiger partial charge is 0.274 e. The number of nitrogens with two attached hydrogens (primary N) is 1. The highest BCUT2D eigenvalue weighted by molar-refractivity contribution is 7.92. The van der Waals surface area contributed by atoms with Gasteiger partial charge in [0.05, 0.1) is 16.7 Å². The molecule has 21 heavy (non-hydrogen) atoms. The molecule has 0 amide bonds. The lowest BCUT2D eigenvalue weighted by Gasteiger charge is -2.10. The summed E-state index contributed by atoms with van der Waals surface area (Å²) in [5, 5.41) is 14.2. The lowest BCUT2D eigenvalue weighted by atomic mass is 10.3. The Morgan fingerprint density at radius 3 is 2.62 bits per heavy atom. The Labute approximate surface area is 117 Å². The van der Waals surface area contributed by atoms with E-state index in [1.807, 2.05) is 4.72 Å². The SMILES string of the molecule is Cn1ncnc1NS(=O)(=O)c1c(N)cc([N+](=O)[O-])cc1F. The zero-order valence-corrected chi connectivity index (χ0v) is 11.3. The number of hydrogen-bond donors (Lipinski definition) is 2. The maximum absolute atomic E-state index is 13.8. The van der Waals surface area contributed by atoms with E-state index in [2.05, 4.69) is 10.1 Å². The van der Waals surface area contributed by atoms with E-state index < -0.39 is 37.0 Å². The van der Waals surface area contributed by atoms with Crippen LogP contribution in [0.15, 0.2) is 23.4 Å². The highest BCUT2D eigenvalue weighted by Crippen LogP contribution is 2.28. The van der Waals surface area contributed by atoms with E-state index in [1.54, 1.807) is 0 Å². The van der Waals surface area contributed by atoms with Gasteiger partial charge >= 0.3 is 0 Å². The van der Waals surface area contributed by atoms with Crippen molar-refractivity contribution in [3.05, 3.63) is 34.4 Å². The van der Waals surface area contributed by atoms with Crippen LogP contribution < -0.4 is 10.5 Å². The molecule has 0 spiro atoms. The van der Waals surface area contributed by atoms with Gasteiger partial charge in [0.2, 0.25) is 5.95 Å². The molecule has 0 aliphatic heterocycles. The first-order valence-corrected chi connectivity index (χ1v) is 6.81. The number of benzene rings is 1. The van der Waals surface area contributed by atoms with Crippen molar-refractivity contribution in [1.29, 1.82) is 0 Å². The van der Waals surface area contributed by atoms with Gasteiger partial charge in [-0.25, -0.2) is 22.2 Å². The van der Waals surface area contributed by atoms with Crippen LogP contribution in [0.25, 0.3) is 0 Å². The highest BCUT2D eigenvalue weighted by Gasteiger charge is 2.27. The van der Waals surface area contributed by atoms with E-state index in [1.165, 1.54) is 7.05 Å². The van der Waals surface area contributed by atoms with Crippen LogP contribution in [0.4, 0.5) is 21.7 Å². The maximum Gasteiger partial charge on any atom is 0.274 e. The third-order valence-electron chi connectivity index (χ3n) is 2.47. The number of aromatic nitrogens is 3. The molecule has 112 valence electrons. The number of halogens is 1. The molecule has 1 aromatic carbocycles. The number of aryl methyl sites for hydroxylation is 1. The number of non-ortho nitro benzene ring substituents is 1. The van der Waals surface area contributed by atoms with Gasteiger partial charge < -0.3 is 5.73 Å². The molecule has 0 atom stereocenters. The van der Waals surface area contributed by atoms with Crippen molar-refractivity contribution in [1.82, 2.24) is 14.8 Å². The summed E-state index contributed by atoms with van der Waals surface area (Å²) < 4.78 is 41.1. The second-order valence-electron chi connectivity index (χ2n) is 3.92. The Hall–Kier alpha value is -2.76. The minimum Gasteiger partial charge on any atom is -0.397 e. The summed E-state index contributed by atoms with van der Waals surface area (Å²) in [5.74, 6) is -1.50. The van der Waals surface area contributed by atoms with E-state index in [0.29, 0.717) is 6.07 Å². The zero-order valence-electron chi connectivity index (χ0n) is 10.5. The Morgan fingerprint density at radius 1 is 1.48 bits per heavy atom. The Morgan fingerprint density at radius 2 is 2.14 bits per heavy atom. The quantitative estimate of drug-likeness (QED) is 0.466. The van der Waals surface area contributed by atoms with Crippen LogP contribution in [0.1, 0.15) is 0 Å². The van der Waals surface area contributed by atoms with Crippen LogP contribution in [0, 0.1) is 15.9 Å². The van der Waals surface area contributed by atoms with Crippen LogP contribution in [0.5, 0.6) is 0 Å². The number of nitrogens with zero attached hydrogens (tertiary/aromatic N) is 4. The Kier molecular flexibility index (Phi) is 3.47. The van der Waals surface area contributed by atoms with Gasteiger partial charge in [0.1, 0.15) is 11.2 Å². The molecule has 0 aliphatic carbocycles. The number of nitro groups is 1. The molecule has 0 saturated carbocycles. The number of hydrogen-bond acceptors (Lipinski definition) is 7. The van der Waals surface area contributed by atoms with Crippen LogP contribution in [0.3, 0.4) is 0 Å². The standard InChI is InChI=1S/C9H9FN6O4S/c1-15-9(12-4-13-15)14-21(19,20)8-6(10)2-5(16(17)18)3-7(8)11/h2-4H,11H2,1H3,(H,12,13,14). The van der Waals surface area contributed by atoms with E-state index in [0.717, 1.165) is 17.1 Å². The summed E-state index contributed by atoms with van der Waals surface area (Å²) >= 11 is 0. The normalized spacial score (nSPS) is 11.3. The summed E-state index contributed by atoms with van der Waals surface area (Å²) in [5.41, 5.74) is 4.17. The molecule has 0 bridgehead atoms. The molecule has 2 rings (SSSR count). The van der Waals surface area contributed by atoms with Crippen LogP contribution in [-0.2, 0) is 17.1 Å². The summed E-state index contributed by atoms with van der Waals surface area (Å²) in [4.78, 5) is 12.4. The molecule has 0 saturated heterocycles. The molecule has 10 nitrogen and oxygen atoms in total. The second-order valence-corrected chi connectivity index (χ2v) is 5.54. The van der Waals surface area contributed by atoms with Gasteiger partial charge in [-0.15, -0.1) is 0 Å². The van der Waals surface area contributed by atoms with Gasteiger partial charge in [-0.2, -0.15) is 10.1 Å². The minimum absolute atomic E-state index is 0.160. The summed E-state index contributed by atoms with van der Waals surface area (Å²) in [6, 6.07) is 1.23. The average molecular weight is 316 g/mol. The largest absolute Gasteiger partial charge is 0.397 e. The van der Waals surface area contributed by atoms with Crippen molar-refractivity contribution >= 4 is 27.3 Å². The van der Waals surface area contributed by atoms with Crippen LogP contribution in [0.2, 0.25) is 0 Å². The van der Waals surface area contributed by atoms with E-state index in [4.69, 9.17) is 5.73 Å². The number of rotatable bonds is 4. The lowest BCUT2D eigenvalue weighted by molar-refractivity contribution is -0.385. The third kappa shape index (κ3) is 2.74. The summed E-state index contributed by atoms with van der Waals surface area (Å²) in [6.45, 7) is 0. The first-order valence-electron chi connectivity index (χ1n) is 5.32. The molecule has 3 N–H and O–H groups in total. The average Bonchev–Trinajstić information content (AvgIpc) is 2.72. The molecule has 0 fully saturated rings. The fourth-order valence-electron chi connectivity index (χ4n) is 1.55. The molecular weight excluding hydrogens is 307 g/mol. The van der Waals surface area contributed by atoms with Crippen molar-refractivity contribution in [3.8, 4) is 0 Å². The lowest BCUT2D eigenvalue weighted by Crippen LogP contribution is -2.19. The number of nitrogen functional groups attached to an aromatic ring is 1. The fourth-order valence-corrected chi connectivity index (χ4v) is 2.76. The second kappa shape index (κ2) is 4.97. The van der Waals surface area contributed by atoms with Gasteiger partial charge in [-0.05, 0) is 0 Å². The number of sulfonamides is 1. The van der Waals surface area contributed by atoms with Crippen molar-refractivity contribution in [2.45, 2.75) is 4.90 Å². The summed E-state index contributed by atoms with van der Waals surface area (Å²) in [7, 11) is -2.99. The molecule has 1 aromatic heterocycles. The first-order chi connectivity index (χ1) is 9.72. The maximum atomic E-state index is 13.8. The predicted molar refractivity (Wildman–Crippen MR) is 69.3 cm³/mol. The number of nitro benzene ring substituents is 1. The molecule has 0 aliphatic rings. The molecular formula is C9H9FN6O4S. The highest BCUT2D eigenvalue weighted by atomic mass is 32.2. The van der Waals surface area contributed by atoms with Crippen molar-refractivity contribution in [3.63, 3.8) is 0 Å². The first kappa shape index (κ1) is 14.6. The van der Waals surface area contributed by atoms with Crippen LogP contribution >= 0.6 is 0 Å². The minimum atomic E-state index is -4.41. The van der Waals surface area contributed by atoms with Gasteiger partial charge in [0.25, 0.3) is 15.7 Å². The van der Waals surface area contributed by atoms with Gasteiger partial charge in [0.15, 0.2) is 5.82 Å². The zero-order chi connectivity index (χ0) is 15.8. The monoisotopic (exact) mass is 316 g/mol. The predicted octanol–water partition coefficient (Wildman–Crippen LogP) is 0.245. The molecule has 0 unspecified atom stereocenters. The van der Waals surface area contributed by atoms with E-state index in [9.17, 15) is 22.9 Å². The number of anilines is 2. The number of nitrogens with one attached hydrogen (secondary N) is 1. The van der Waals surface area contributed by atoms with E-state index >= 15 is 0 Å². The molecule has 0 radical (unpaired) electrons. The molecule has 12 heteroatoms.